The van der Waals surface area contributed by atoms with Crippen molar-refractivity contribution in [1.29, 1.82) is 0 Å². The fraction of sp³-hybridized carbons (Fsp3) is 0.250. The fourth-order valence-corrected chi connectivity index (χ4v) is 1.86. The minimum absolute atomic E-state index is 0.133. The normalized spacial score (nSPS) is 10.2. The number of nitrogens with zero attached hydrogens (tertiary/aromatic N) is 1. The van der Waals surface area contributed by atoms with E-state index in [4.69, 9.17) is 0 Å². The zero-order valence-corrected chi connectivity index (χ0v) is 11.9. The second kappa shape index (κ2) is 7.38. The number of aromatic nitrogens is 1. The van der Waals surface area contributed by atoms with Crippen LogP contribution in [0.1, 0.15) is 18.9 Å². The highest BCUT2D eigenvalue weighted by molar-refractivity contribution is 5.92. The molecule has 0 bridgehead atoms. The van der Waals surface area contributed by atoms with Gasteiger partial charge in [0, 0.05) is 6.54 Å². The summed E-state index contributed by atoms with van der Waals surface area (Å²) >= 11 is 0. The largest absolute Gasteiger partial charge is 0.370 e. The van der Waals surface area contributed by atoms with Crippen LogP contribution in [0.25, 0.3) is 0 Å². The first kappa shape index (κ1) is 15.0. The number of carbonyl (C=O) groups excluding carboxylic acids is 1. The predicted molar refractivity (Wildman–Crippen MR) is 81.8 cm³/mol. The Morgan fingerprint density at radius 1 is 1.29 bits per heavy atom. The van der Waals surface area contributed by atoms with Crippen LogP contribution < -0.4 is 10.6 Å². The van der Waals surface area contributed by atoms with Crippen molar-refractivity contribution in [2.24, 2.45) is 0 Å². The molecular formula is C16H18FN3O. The van der Waals surface area contributed by atoms with E-state index < -0.39 is 0 Å². The number of pyridine rings is 1. The Balaban J connectivity index is 1.90. The number of carbonyl (C=O) groups is 1. The molecule has 5 heteroatoms. The second-order valence-corrected chi connectivity index (χ2v) is 4.71. The topological polar surface area (TPSA) is 54.0 Å². The zero-order valence-electron chi connectivity index (χ0n) is 11.9. The standard InChI is InChI=1S/C16H18FN3O/c1-2-8-18-15-7-6-14(11-19-15)20-16(21)10-12-4-3-5-13(17)9-12/h3-7,9,11H,2,8,10H2,1H3,(H,18,19)(H,20,21). The van der Waals surface area contributed by atoms with Crippen molar-refractivity contribution in [1.82, 2.24) is 4.98 Å². The number of nitrogens with one attached hydrogen (secondary N) is 2. The molecule has 1 aromatic heterocycles. The minimum atomic E-state index is -0.340. The summed E-state index contributed by atoms with van der Waals surface area (Å²) in [6.45, 7) is 2.94. The maximum Gasteiger partial charge on any atom is 0.228 e. The van der Waals surface area contributed by atoms with Gasteiger partial charge >= 0.3 is 0 Å². The number of benzene rings is 1. The van der Waals surface area contributed by atoms with E-state index in [9.17, 15) is 9.18 Å². The molecular weight excluding hydrogens is 269 g/mol. The lowest BCUT2D eigenvalue weighted by Gasteiger charge is -2.07. The van der Waals surface area contributed by atoms with Gasteiger partial charge in [-0.3, -0.25) is 4.79 Å². The quantitative estimate of drug-likeness (QED) is 0.857. The average molecular weight is 287 g/mol. The predicted octanol–water partition coefficient (Wildman–Crippen LogP) is 3.22. The lowest BCUT2D eigenvalue weighted by Crippen LogP contribution is -2.14. The molecule has 0 atom stereocenters. The highest BCUT2D eigenvalue weighted by Crippen LogP contribution is 2.11. The smallest absolute Gasteiger partial charge is 0.228 e. The maximum atomic E-state index is 13.0. The Hall–Kier alpha value is -2.43. The van der Waals surface area contributed by atoms with E-state index in [1.54, 1.807) is 24.4 Å². The molecule has 110 valence electrons. The summed E-state index contributed by atoms with van der Waals surface area (Å²) in [6.07, 6.45) is 2.75. The number of anilines is 2. The van der Waals surface area contributed by atoms with Crippen LogP contribution in [0.4, 0.5) is 15.9 Å². The molecule has 1 heterocycles. The first-order valence-corrected chi connectivity index (χ1v) is 6.91. The van der Waals surface area contributed by atoms with Gasteiger partial charge in [-0.2, -0.15) is 0 Å². The van der Waals surface area contributed by atoms with Gasteiger partial charge in [-0.15, -0.1) is 0 Å². The first-order chi connectivity index (χ1) is 10.2. The molecule has 0 aliphatic rings. The minimum Gasteiger partial charge on any atom is -0.370 e. The van der Waals surface area contributed by atoms with Crippen LogP contribution in [0, 0.1) is 5.82 Å². The van der Waals surface area contributed by atoms with E-state index in [0.29, 0.717) is 11.3 Å². The molecule has 2 aromatic rings. The van der Waals surface area contributed by atoms with Crippen LogP contribution in [-0.2, 0) is 11.2 Å². The van der Waals surface area contributed by atoms with Gasteiger partial charge < -0.3 is 10.6 Å². The van der Waals surface area contributed by atoms with Gasteiger partial charge in [0.1, 0.15) is 11.6 Å². The lowest BCUT2D eigenvalue weighted by molar-refractivity contribution is -0.115. The fourth-order valence-electron chi connectivity index (χ4n) is 1.86. The summed E-state index contributed by atoms with van der Waals surface area (Å²) < 4.78 is 13.0. The van der Waals surface area contributed by atoms with Gasteiger partial charge in [0.25, 0.3) is 0 Å². The van der Waals surface area contributed by atoms with Crippen molar-refractivity contribution >= 4 is 17.4 Å². The number of rotatable bonds is 6. The number of hydrogen-bond donors (Lipinski definition) is 2. The monoisotopic (exact) mass is 287 g/mol. The second-order valence-electron chi connectivity index (χ2n) is 4.71. The Morgan fingerprint density at radius 2 is 2.14 bits per heavy atom. The van der Waals surface area contributed by atoms with Crippen LogP contribution in [0.3, 0.4) is 0 Å². The molecule has 1 aromatic carbocycles. The molecule has 21 heavy (non-hydrogen) atoms. The number of hydrogen-bond acceptors (Lipinski definition) is 3. The van der Waals surface area contributed by atoms with Gasteiger partial charge in [-0.05, 0) is 36.2 Å². The highest BCUT2D eigenvalue weighted by Gasteiger charge is 2.05. The van der Waals surface area contributed by atoms with Gasteiger partial charge in [0.2, 0.25) is 5.91 Å². The summed E-state index contributed by atoms with van der Waals surface area (Å²) in [5, 5.41) is 5.90. The van der Waals surface area contributed by atoms with E-state index >= 15 is 0 Å². The van der Waals surface area contributed by atoms with E-state index in [1.807, 2.05) is 6.07 Å². The number of amides is 1. The Morgan fingerprint density at radius 3 is 2.81 bits per heavy atom. The van der Waals surface area contributed by atoms with Crippen LogP contribution in [-0.4, -0.2) is 17.4 Å². The molecule has 0 unspecified atom stereocenters. The molecule has 2 N–H and O–H groups in total. The molecule has 0 saturated heterocycles. The molecule has 0 aliphatic carbocycles. The third-order valence-corrected chi connectivity index (χ3v) is 2.86. The molecule has 4 nitrogen and oxygen atoms in total. The van der Waals surface area contributed by atoms with Gasteiger partial charge in [-0.25, -0.2) is 9.37 Å². The van der Waals surface area contributed by atoms with Crippen molar-refractivity contribution < 1.29 is 9.18 Å². The van der Waals surface area contributed by atoms with Crippen LogP contribution in [0.5, 0.6) is 0 Å². The number of halogens is 1. The molecule has 0 spiro atoms. The SMILES string of the molecule is CCCNc1ccc(NC(=O)Cc2cccc(F)c2)cn1. The van der Waals surface area contributed by atoms with E-state index in [2.05, 4.69) is 22.5 Å². The summed E-state index contributed by atoms with van der Waals surface area (Å²) in [6, 6.07) is 9.62. The summed E-state index contributed by atoms with van der Waals surface area (Å²) in [4.78, 5) is 16.1. The van der Waals surface area contributed by atoms with Crippen LogP contribution in [0.2, 0.25) is 0 Å². The summed E-state index contributed by atoms with van der Waals surface area (Å²) in [7, 11) is 0. The first-order valence-electron chi connectivity index (χ1n) is 6.91. The van der Waals surface area contributed by atoms with Crippen molar-refractivity contribution in [2.75, 3.05) is 17.2 Å². The zero-order chi connectivity index (χ0) is 15.1. The maximum absolute atomic E-state index is 13.0. The Labute approximate surface area is 123 Å². The highest BCUT2D eigenvalue weighted by atomic mass is 19.1. The van der Waals surface area contributed by atoms with E-state index in [1.165, 1.54) is 12.1 Å². The van der Waals surface area contributed by atoms with E-state index in [0.717, 1.165) is 18.8 Å². The lowest BCUT2D eigenvalue weighted by atomic mass is 10.1. The van der Waals surface area contributed by atoms with Crippen molar-refractivity contribution in [3.05, 3.63) is 54.0 Å². The van der Waals surface area contributed by atoms with Crippen molar-refractivity contribution in [2.45, 2.75) is 19.8 Å². The summed E-state index contributed by atoms with van der Waals surface area (Å²) in [5.41, 5.74) is 1.26. The Bertz CT molecular complexity index is 599. The molecule has 0 fully saturated rings. The average Bonchev–Trinajstić information content (AvgIpc) is 2.46. The van der Waals surface area contributed by atoms with Gasteiger partial charge in [-0.1, -0.05) is 19.1 Å². The summed E-state index contributed by atoms with van der Waals surface area (Å²) in [5.74, 6) is 0.241. The molecule has 0 aliphatic heterocycles. The molecule has 0 radical (unpaired) electrons. The van der Waals surface area contributed by atoms with Gasteiger partial charge in [0.15, 0.2) is 0 Å². The van der Waals surface area contributed by atoms with Gasteiger partial charge in [0.05, 0.1) is 18.3 Å². The Kier molecular flexibility index (Phi) is 5.26. The third-order valence-electron chi connectivity index (χ3n) is 2.86. The molecule has 0 saturated carbocycles. The van der Waals surface area contributed by atoms with Crippen molar-refractivity contribution in [3.8, 4) is 0 Å². The van der Waals surface area contributed by atoms with E-state index in [-0.39, 0.29) is 18.1 Å². The molecule has 2 rings (SSSR count). The molecule has 1 amide bonds. The van der Waals surface area contributed by atoms with Crippen molar-refractivity contribution in [3.63, 3.8) is 0 Å². The van der Waals surface area contributed by atoms with Crippen LogP contribution >= 0.6 is 0 Å². The third kappa shape index (κ3) is 4.87. The van der Waals surface area contributed by atoms with Crippen LogP contribution in [0.15, 0.2) is 42.6 Å².